The first-order valence-electron chi connectivity index (χ1n) is 6.35. The van der Waals surface area contributed by atoms with Crippen LogP contribution in [0.2, 0.25) is 0 Å². The summed E-state index contributed by atoms with van der Waals surface area (Å²) in [6.07, 6.45) is 3.96. The Morgan fingerprint density at radius 2 is 2.24 bits per heavy atom. The molecule has 0 radical (unpaired) electrons. The minimum Gasteiger partial charge on any atom is -0.487 e. The van der Waals surface area contributed by atoms with Crippen molar-refractivity contribution in [1.82, 2.24) is 15.2 Å². The van der Waals surface area contributed by atoms with E-state index in [4.69, 9.17) is 9.47 Å². The first-order valence-corrected chi connectivity index (χ1v) is 6.35. The van der Waals surface area contributed by atoms with Gasteiger partial charge in [0, 0.05) is 17.0 Å². The van der Waals surface area contributed by atoms with Crippen molar-refractivity contribution in [2.24, 2.45) is 0 Å². The van der Waals surface area contributed by atoms with Crippen molar-refractivity contribution in [3.05, 3.63) is 47.8 Å². The molecule has 6 heteroatoms. The molecule has 6 nitrogen and oxygen atoms in total. The maximum atomic E-state index is 11.1. The van der Waals surface area contributed by atoms with Crippen LogP contribution in [-0.2, 0) is 6.61 Å². The second kappa shape index (κ2) is 5.62. The van der Waals surface area contributed by atoms with Gasteiger partial charge in [0.15, 0.2) is 6.29 Å². The van der Waals surface area contributed by atoms with Crippen molar-refractivity contribution in [1.29, 1.82) is 0 Å². The van der Waals surface area contributed by atoms with E-state index in [1.165, 1.54) is 13.3 Å². The number of hydrogen-bond donors (Lipinski definition) is 1. The molecule has 1 N–H and O–H groups in total. The third kappa shape index (κ3) is 2.55. The number of hydrogen-bond acceptors (Lipinski definition) is 5. The zero-order chi connectivity index (χ0) is 14.7. The number of nitrogens with one attached hydrogen (secondary N) is 1. The average Bonchev–Trinajstić information content (AvgIpc) is 3.01. The summed E-state index contributed by atoms with van der Waals surface area (Å²) in [6, 6.07) is 7.36. The molecule has 0 amide bonds. The number of carbonyl (C=O) groups excluding carboxylic acids is 1. The van der Waals surface area contributed by atoms with Crippen LogP contribution in [0.1, 0.15) is 15.9 Å². The Balaban J connectivity index is 1.84. The van der Waals surface area contributed by atoms with E-state index in [9.17, 15) is 4.79 Å². The number of nitrogens with zero attached hydrogens (tertiary/aromatic N) is 2. The lowest BCUT2D eigenvalue weighted by molar-refractivity contribution is 0.111. The number of carbonyl (C=O) groups is 1. The number of aromatic nitrogens is 3. The summed E-state index contributed by atoms with van der Waals surface area (Å²) in [5.74, 6) is 0.799. The standard InChI is InChI=1S/C15H13N3O3/c1-20-15-5-11(8-19)14(7-16-15)21-9-10-3-2-4-13-12(10)6-17-18-13/h2-8H,9H2,1H3,(H,17,18). The van der Waals surface area contributed by atoms with E-state index in [2.05, 4.69) is 15.2 Å². The molecule has 0 fully saturated rings. The molecule has 0 aliphatic rings. The van der Waals surface area contributed by atoms with Gasteiger partial charge in [0.1, 0.15) is 12.4 Å². The van der Waals surface area contributed by atoms with E-state index in [1.54, 1.807) is 12.3 Å². The van der Waals surface area contributed by atoms with Crippen molar-refractivity contribution in [2.45, 2.75) is 6.61 Å². The molecule has 0 spiro atoms. The van der Waals surface area contributed by atoms with Gasteiger partial charge in [-0.15, -0.1) is 0 Å². The molecule has 2 heterocycles. The van der Waals surface area contributed by atoms with Crippen LogP contribution in [0.25, 0.3) is 10.9 Å². The SMILES string of the molecule is COc1cc(C=O)c(OCc2cccc3[nH]ncc23)cn1. The first kappa shape index (κ1) is 13.1. The summed E-state index contributed by atoms with van der Waals surface area (Å²) in [6.45, 7) is 0.325. The molecular formula is C15H13N3O3. The molecule has 21 heavy (non-hydrogen) atoms. The maximum absolute atomic E-state index is 11.1. The Morgan fingerprint density at radius 3 is 3.05 bits per heavy atom. The van der Waals surface area contributed by atoms with E-state index in [-0.39, 0.29) is 0 Å². The van der Waals surface area contributed by atoms with Gasteiger partial charge in [-0.3, -0.25) is 9.89 Å². The number of benzene rings is 1. The lowest BCUT2D eigenvalue weighted by Gasteiger charge is -2.09. The van der Waals surface area contributed by atoms with Crippen molar-refractivity contribution in [3.63, 3.8) is 0 Å². The summed E-state index contributed by atoms with van der Waals surface area (Å²) in [4.78, 5) is 15.1. The minimum atomic E-state index is 0.325. The molecule has 2 aromatic heterocycles. The normalized spacial score (nSPS) is 10.5. The van der Waals surface area contributed by atoms with Crippen molar-refractivity contribution in [3.8, 4) is 11.6 Å². The summed E-state index contributed by atoms with van der Waals surface area (Å²) >= 11 is 0. The predicted molar refractivity (Wildman–Crippen MR) is 76.6 cm³/mol. The predicted octanol–water partition coefficient (Wildman–Crippen LogP) is 2.36. The fraction of sp³-hybridized carbons (Fsp3) is 0.133. The Morgan fingerprint density at radius 1 is 1.33 bits per heavy atom. The summed E-state index contributed by atoms with van der Waals surface area (Å²) < 4.78 is 10.7. The molecule has 1 aromatic carbocycles. The van der Waals surface area contributed by atoms with Gasteiger partial charge in [0.25, 0.3) is 0 Å². The lowest BCUT2D eigenvalue weighted by Crippen LogP contribution is -2.00. The highest BCUT2D eigenvalue weighted by atomic mass is 16.5. The van der Waals surface area contributed by atoms with Crippen LogP contribution in [0.4, 0.5) is 0 Å². The first-order chi connectivity index (χ1) is 10.3. The van der Waals surface area contributed by atoms with Gasteiger partial charge in [-0.2, -0.15) is 5.10 Å². The lowest BCUT2D eigenvalue weighted by atomic mass is 10.1. The van der Waals surface area contributed by atoms with Crippen molar-refractivity contribution >= 4 is 17.2 Å². The highest BCUT2D eigenvalue weighted by Gasteiger charge is 2.08. The van der Waals surface area contributed by atoms with E-state index < -0.39 is 0 Å². The number of rotatable bonds is 5. The maximum Gasteiger partial charge on any atom is 0.213 e. The monoisotopic (exact) mass is 283 g/mol. The van der Waals surface area contributed by atoms with E-state index >= 15 is 0 Å². The van der Waals surface area contributed by atoms with E-state index in [0.717, 1.165) is 22.8 Å². The minimum absolute atomic E-state index is 0.325. The molecule has 3 aromatic rings. The van der Waals surface area contributed by atoms with E-state index in [0.29, 0.717) is 23.8 Å². The van der Waals surface area contributed by atoms with Crippen LogP contribution in [0, 0.1) is 0 Å². The third-order valence-corrected chi connectivity index (χ3v) is 3.17. The molecule has 0 atom stereocenters. The average molecular weight is 283 g/mol. The molecule has 3 rings (SSSR count). The van der Waals surface area contributed by atoms with Gasteiger partial charge in [-0.1, -0.05) is 12.1 Å². The molecule has 0 saturated heterocycles. The molecule has 0 saturated carbocycles. The molecular weight excluding hydrogens is 270 g/mol. The third-order valence-electron chi connectivity index (χ3n) is 3.17. The second-order valence-electron chi connectivity index (χ2n) is 4.42. The highest BCUT2D eigenvalue weighted by molar-refractivity contribution is 5.81. The molecule has 0 unspecified atom stereocenters. The molecule has 0 aliphatic heterocycles. The zero-order valence-corrected chi connectivity index (χ0v) is 11.4. The van der Waals surface area contributed by atoms with Crippen LogP contribution < -0.4 is 9.47 Å². The van der Waals surface area contributed by atoms with Crippen LogP contribution in [0.15, 0.2) is 36.7 Å². The van der Waals surface area contributed by atoms with Crippen LogP contribution >= 0.6 is 0 Å². The number of aldehydes is 1. The Kier molecular flexibility index (Phi) is 3.51. The van der Waals surface area contributed by atoms with Gasteiger partial charge in [0.05, 0.1) is 30.6 Å². The number of aromatic amines is 1. The largest absolute Gasteiger partial charge is 0.487 e. The van der Waals surface area contributed by atoms with Gasteiger partial charge in [-0.05, 0) is 6.07 Å². The number of methoxy groups -OCH3 is 1. The molecule has 0 bridgehead atoms. The number of pyridine rings is 1. The van der Waals surface area contributed by atoms with Crippen LogP contribution in [0.5, 0.6) is 11.6 Å². The fourth-order valence-corrected chi connectivity index (χ4v) is 2.07. The van der Waals surface area contributed by atoms with Crippen LogP contribution in [0.3, 0.4) is 0 Å². The summed E-state index contributed by atoms with van der Waals surface area (Å²) in [5, 5.41) is 7.91. The summed E-state index contributed by atoms with van der Waals surface area (Å²) in [7, 11) is 1.50. The van der Waals surface area contributed by atoms with Gasteiger partial charge in [0.2, 0.25) is 5.88 Å². The Bertz CT molecular complexity index is 783. The Labute approximate surface area is 120 Å². The Hall–Kier alpha value is -2.89. The van der Waals surface area contributed by atoms with E-state index in [1.807, 2.05) is 18.2 Å². The quantitative estimate of drug-likeness (QED) is 0.727. The van der Waals surface area contributed by atoms with Crippen molar-refractivity contribution < 1.29 is 14.3 Å². The molecule has 0 aliphatic carbocycles. The fourth-order valence-electron chi connectivity index (χ4n) is 2.07. The molecule has 106 valence electrons. The number of ether oxygens (including phenoxy) is 2. The second-order valence-corrected chi connectivity index (χ2v) is 4.42. The zero-order valence-electron chi connectivity index (χ0n) is 11.4. The smallest absolute Gasteiger partial charge is 0.213 e. The number of H-pyrrole nitrogens is 1. The van der Waals surface area contributed by atoms with Crippen LogP contribution in [-0.4, -0.2) is 28.6 Å². The number of fused-ring (bicyclic) bond motifs is 1. The van der Waals surface area contributed by atoms with Gasteiger partial charge < -0.3 is 9.47 Å². The highest BCUT2D eigenvalue weighted by Crippen LogP contribution is 2.22. The topological polar surface area (TPSA) is 77.1 Å². The van der Waals surface area contributed by atoms with Gasteiger partial charge in [-0.25, -0.2) is 4.98 Å². The van der Waals surface area contributed by atoms with Gasteiger partial charge >= 0.3 is 0 Å². The van der Waals surface area contributed by atoms with Crippen molar-refractivity contribution in [2.75, 3.05) is 7.11 Å². The summed E-state index contributed by atoms with van der Waals surface area (Å²) in [5.41, 5.74) is 2.33.